The van der Waals surface area contributed by atoms with E-state index in [9.17, 15) is 9.90 Å². The number of aliphatic hydroxyl groups is 1. The van der Waals surface area contributed by atoms with Crippen molar-refractivity contribution in [1.82, 2.24) is 10.6 Å². The molecule has 0 saturated heterocycles. The number of thiophene rings is 1. The molecule has 0 spiro atoms. The van der Waals surface area contributed by atoms with Crippen LogP contribution in [0.2, 0.25) is 0 Å². The van der Waals surface area contributed by atoms with E-state index in [0.29, 0.717) is 6.54 Å². The highest BCUT2D eigenvalue weighted by atomic mass is 32.1. The summed E-state index contributed by atoms with van der Waals surface area (Å²) in [5, 5.41) is 19.6. The van der Waals surface area contributed by atoms with Gasteiger partial charge in [0.15, 0.2) is 0 Å². The number of nitrogens with one attached hydrogen (secondary N) is 2. The standard InChI is InChI=1S/C17H22N2O2S/c1-13-4-3-5-14(10-13)6-8-18-16(20)19-12-17(2,21)15-7-9-22-11-15/h3-5,7,9-11,21H,6,8,12H2,1-2H3,(H2,18,19,20). The third-order valence-electron chi connectivity index (χ3n) is 3.52. The first-order valence-electron chi connectivity index (χ1n) is 7.30. The van der Waals surface area contributed by atoms with Gasteiger partial charge in [-0.05, 0) is 48.2 Å². The van der Waals surface area contributed by atoms with Crippen LogP contribution in [0.3, 0.4) is 0 Å². The van der Waals surface area contributed by atoms with E-state index in [4.69, 9.17) is 0 Å². The third-order valence-corrected chi connectivity index (χ3v) is 4.20. The Morgan fingerprint density at radius 1 is 1.32 bits per heavy atom. The molecular formula is C17H22N2O2S. The molecule has 118 valence electrons. The van der Waals surface area contributed by atoms with Gasteiger partial charge in [-0.1, -0.05) is 29.8 Å². The molecule has 0 fully saturated rings. The largest absolute Gasteiger partial charge is 0.384 e. The molecule has 1 heterocycles. The van der Waals surface area contributed by atoms with Crippen molar-refractivity contribution in [1.29, 1.82) is 0 Å². The molecular weight excluding hydrogens is 296 g/mol. The number of carbonyl (C=O) groups is 1. The van der Waals surface area contributed by atoms with Gasteiger partial charge in [0.2, 0.25) is 0 Å². The summed E-state index contributed by atoms with van der Waals surface area (Å²) in [5.41, 5.74) is 2.19. The molecule has 2 rings (SSSR count). The Hall–Kier alpha value is -1.85. The van der Waals surface area contributed by atoms with E-state index >= 15 is 0 Å². The van der Waals surface area contributed by atoms with Crippen molar-refractivity contribution in [2.45, 2.75) is 25.9 Å². The molecule has 1 unspecified atom stereocenters. The van der Waals surface area contributed by atoms with Crippen molar-refractivity contribution in [3.8, 4) is 0 Å². The second-order valence-electron chi connectivity index (χ2n) is 5.63. The summed E-state index contributed by atoms with van der Waals surface area (Å²) in [6, 6.07) is 9.83. The summed E-state index contributed by atoms with van der Waals surface area (Å²) >= 11 is 1.53. The fraction of sp³-hybridized carbons (Fsp3) is 0.353. The summed E-state index contributed by atoms with van der Waals surface area (Å²) < 4.78 is 0. The van der Waals surface area contributed by atoms with Crippen LogP contribution in [0.5, 0.6) is 0 Å². The quantitative estimate of drug-likeness (QED) is 0.767. The molecule has 2 amide bonds. The van der Waals surface area contributed by atoms with Crippen LogP contribution < -0.4 is 10.6 Å². The van der Waals surface area contributed by atoms with Gasteiger partial charge in [-0.15, -0.1) is 0 Å². The van der Waals surface area contributed by atoms with E-state index in [-0.39, 0.29) is 12.6 Å². The number of aryl methyl sites for hydroxylation is 1. The number of urea groups is 1. The van der Waals surface area contributed by atoms with Crippen molar-refractivity contribution in [2.24, 2.45) is 0 Å². The zero-order valence-electron chi connectivity index (χ0n) is 12.9. The molecule has 3 N–H and O–H groups in total. The molecule has 1 atom stereocenters. The van der Waals surface area contributed by atoms with Gasteiger partial charge in [0.25, 0.3) is 0 Å². The lowest BCUT2D eigenvalue weighted by Gasteiger charge is -2.22. The molecule has 22 heavy (non-hydrogen) atoms. The van der Waals surface area contributed by atoms with Crippen molar-refractivity contribution in [3.05, 3.63) is 57.8 Å². The van der Waals surface area contributed by atoms with Crippen molar-refractivity contribution >= 4 is 17.4 Å². The van der Waals surface area contributed by atoms with E-state index < -0.39 is 5.60 Å². The number of amides is 2. The zero-order chi connectivity index (χ0) is 16.0. The minimum Gasteiger partial charge on any atom is -0.384 e. The van der Waals surface area contributed by atoms with Gasteiger partial charge < -0.3 is 15.7 Å². The van der Waals surface area contributed by atoms with Crippen LogP contribution in [-0.4, -0.2) is 24.2 Å². The van der Waals surface area contributed by atoms with Gasteiger partial charge in [-0.2, -0.15) is 11.3 Å². The second-order valence-corrected chi connectivity index (χ2v) is 6.41. The molecule has 4 nitrogen and oxygen atoms in total. The first-order chi connectivity index (χ1) is 10.5. The number of benzene rings is 1. The van der Waals surface area contributed by atoms with Gasteiger partial charge in [-0.25, -0.2) is 4.79 Å². The maximum absolute atomic E-state index is 11.8. The van der Waals surface area contributed by atoms with Crippen LogP contribution >= 0.6 is 11.3 Å². The summed E-state index contributed by atoms with van der Waals surface area (Å²) in [5.74, 6) is 0. The van der Waals surface area contributed by atoms with E-state index in [1.54, 1.807) is 6.92 Å². The minimum atomic E-state index is -1.05. The number of rotatable bonds is 6. The average Bonchev–Trinajstić information content (AvgIpc) is 3.00. The van der Waals surface area contributed by atoms with Gasteiger partial charge in [0.1, 0.15) is 5.60 Å². The SMILES string of the molecule is Cc1cccc(CCNC(=O)NCC(C)(O)c2ccsc2)c1. The first-order valence-corrected chi connectivity index (χ1v) is 8.24. The van der Waals surface area contributed by atoms with Crippen molar-refractivity contribution in [2.75, 3.05) is 13.1 Å². The molecule has 0 aliphatic rings. The normalized spacial score (nSPS) is 13.4. The van der Waals surface area contributed by atoms with Gasteiger partial charge in [0.05, 0.1) is 6.54 Å². The smallest absolute Gasteiger partial charge is 0.314 e. The molecule has 0 bridgehead atoms. The monoisotopic (exact) mass is 318 g/mol. The number of carbonyl (C=O) groups excluding carboxylic acids is 1. The Morgan fingerprint density at radius 3 is 2.82 bits per heavy atom. The third kappa shape index (κ3) is 4.86. The fourth-order valence-corrected chi connectivity index (χ4v) is 2.96. The molecule has 5 heteroatoms. The van der Waals surface area contributed by atoms with Crippen LogP contribution in [0.4, 0.5) is 4.79 Å². The van der Waals surface area contributed by atoms with Crippen LogP contribution in [0.25, 0.3) is 0 Å². The highest BCUT2D eigenvalue weighted by Gasteiger charge is 2.23. The highest BCUT2D eigenvalue weighted by molar-refractivity contribution is 7.08. The number of hydrogen-bond acceptors (Lipinski definition) is 3. The fourth-order valence-electron chi connectivity index (χ4n) is 2.18. The van der Waals surface area contributed by atoms with Crippen LogP contribution in [0.15, 0.2) is 41.1 Å². The lowest BCUT2D eigenvalue weighted by molar-refractivity contribution is 0.0598. The zero-order valence-corrected chi connectivity index (χ0v) is 13.7. The Morgan fingerprint density at radius 2 is 2.14 bits per heavy atom. The topological polar surface area (TPSA) is 61.4 Å². The summed E-state index contributed by atoms with van der Waals surface area (Å²) in [4.78, 5) is 11.8. The van der Waals surface area contributed by atoms with E-state index in [0.717, 1.165) is 12.0 Å². The molecule has 0 aliphatic carbocycles. The summed E-state index contributed by atoms with van der Waals surface area (Å²) in [6.07, 6.45) is 0.788. The molecule has 1 aromatic heterocycles. The van der Waals surface area contributed by atoms with E-state index in [1.807, 2.05) is 29.0 Å². The van der Waals surface area contributed by atoms with Gasteiger partial charge in [-0.3, -0.25) is 0 Å². The van der Waals surface area contributed by atoms with Crippen molar-refractivity contribution in [3.63, 3.8) is 0 Å². The lowest BCUT2D eigenvalue weighted by atomic mass is 9.99. The maximum Gasteiger partial charge on any atom is 0.314 e. The van der Waals surface area contributed by atoms with Crippen LogP contribution in [-0.2, 0) is 12.0 Å². The predicted molar refractivity (Wildman–Crippen MR) is 90.2 cm³/mol. The molecule has 0 aliphatic heterocycles. The molecule has 0 radical (unpaired) electrons. The van der Waals surface area contributed by atoms with Crippen LogP contribution in [0, 0.1) is 6.92 Å². The Labute approximate surface area is 135 Å². The average molecular weight is 318 g/mol. The van der Waals surface area contributed by atoms with Gasteiger partial charge in [0, 0.05) is 6.54 Å². The lowest BCUT2D eigenvalue weighted by Crippen LogP contribution is -2.43. The Balaban J connectivity index is 1.72. The highest BCUT2D eigenvalue weighted by Crippen LogP contribution is 2.21. The Kier molecular flexibility index (Phi) is 5.57. The van der Waals surface area contributed by atoms with Gasteiger partial charge >= 0.3 is 6.03 Å². The van der Waals surface area contributed by atoms with Crippen LogP contribution in [0.1, 0.15) is 23.6 Å². The predicted octanol–water partition coefficient (Wildman–Crippen LogP) is 2.81. The van der Waals surface area contributed by atoms with Crippen molar-refractivity contribution < 1.29 is 9.90 Å². The maximum atomic E-state index is 11.8. The number of hydrogen-bond donors (Lipinski definition) is 3. The second kappa shape index (κ2) is 7.42. The van der Waals surface area contributed by atoms with E-state index in [1.165, 1.54) is 22.5 Å². The molecule has 2 aromatic rings. The minimum absolute atomic E-state index is 0.181. The summed E-state index contributed by atoms with van der Waals surface area (Å²) in [6.45, 7) is 4.49. The van der Waals surface area contributed by atoms with E-state index in [2.05, 4.69) is 29.7 Å². The summed E-state index contributed by atoms with van der Waals surface area (Å²) in [7, 11) is 0. The first kappa shape index (κ1) is 16.5. The Bertz CT molecular complexity index is 609. The molecule has 0 saturated carbocycles. The molecule has 1 aromatic carbocycles.